The minimum absolute atomic E-state index is 0.453. The molecule has 3 heteroatoms. The van der Waals surface area contributed by atoms with E-state index in [1.807, 2.05) is 0 Å². The van der Waals surface area contributed by atoms with Gasteiger partial charge in [0.05, 0.1) is 6.61 Å². The minimum atomic E-state index is 0.453. The number of nitrogens with zero attached hydrogens (tertiary/aromatic N) is 1. The van der Waals surface area contributed by atoms with Crippen molar-refractivity contribution in [3.63, 3.8) is 0 Å². The SMILES string of the molecule is CCNC(COC)CN(C)CC(C)C. The zero-order valence-electron chi connectivity index (χ0n) is 10.3. The van der Waals surface area contributed by atoms with Crippen molar-refractivity contribution >= 4 is 0 Å². The topological polar surface area (TPSA) is 24.5 Å². The lowest BCUT2D eigenvalue weighted by Gasteiger charge is -2.25. The van der Waals surface area contributed by atoms with Crippen molar-refractivity contribution in [3.8, 4) is 0 Å². The van der Waals surface area contributed by atoms with Crippen LogP contribution in [0.1, 0.15) is 20.8 Å². The van der Waals surface area contributed by atoms with Gasteiger partial charge < -0.3 is 15.0 Å². The molecule has 14 heavy (non-hydrogen) atoms. The van der Waals surface area contributed by atoms with Crippen LogP contribution >= 0.6 is 0 Å². The van der Waals surface area contributed by atoms with Gasteiger partial charge in [0.2, 0.25) is 0 Å². The molecule has 0 saturated heterocycles. The fraction of sp³-hybridized carbons (Fsp3) is 1.00. The molecule has 3 nitrogen and oxygen atoms in total. The van der Waals surface area contributed by atoms with Gasteiger partial charge in [-0.05, 0) is 19.5 Å². The number of likely N-dealkylation sites (N-methyl/N-ethyl adjacent to an activating group) is 2. The highest BCUT2D eigenvalue weighted by atomic mass is 16.5. The van der Waals surface area contributed by atoms with Crippen LogP contribution in [0.3, 0.4) is 0 Å². The Morgan fingerprint density at radius 2 is 1.93 bits per heavy atom. The number of hydrogen-bond donors (Lipinski definition) is 1. The van der Waals surface area contributed by atoms with E-state index in [9.17, 15) is 0 Å². The lowest BCUT2D eigenvalue weighted by atomic mass is 10.2. The quantitative estimate of drug-likeness (QED) is 0.640. The lowest BCUT2D eigenvalue weighted by molar-refractivity contribution is 0.143. The van der Waals surface area contributed by atoms with E-state index in [2.05, 4.69) is 38.0 Å². The molecule has 0 aromatic heterocycles. The molecule has 0 aliphatic heterocycles. The summed E-state index contributed by atoms with van der Waals surface area (Å²) < 4.78 is 5.17. The van der Waals surface area contributed by atoms with Gasteiger partial charge in [-0.1, -0.05) is 20.8 Å². The van der Waals surface area contributed by atoms with E-state index in [0.717, 1.165) is 32.2 Å². The van der Waals surface area contributed by atoms with Crippen molar-refractivity contribution in [2.45, 2.75) is 26.8 Å². The zero-order chi connectivity index (χ0) is 11.0. The Kier molecular flexibility index (Phi) is 8.14. The summed E-state index contributed by atoms with van der Waals surface area (Å²) in [6, 6.07) is 0.453. The average molecular weight is 202 g/mol. The first-order valence-corrected chi connectivity index (χ1v) is 5.51. The molecule has 0 saturated carbocycles. The standard InChI is InChI=1S/C11H26N2O/c1-6-12-11(9-14-5)8-13(4)7-10(2)3/h10-12H,6-9H2,1-5H3. The number of methoxy groups -OCH3 is 1. The molecule has 0 aromatic rings. The summed E-state index contributed by atoms with van der Waals surface area (Å²) in [6.07, 6.45) is 0. The van der Waals surface area contributed by atoms with Gasteiger partial charge in [-0.15, -0.1) is 0 Å². The smallest absolute Gasteiger partial charge is 0.0628 e. The molecule has 0 aliphatic rings. The first kappa shape index (κ1) is 13.9. The van der Waals surface area contributed by atoms with Gasteiger partial charge in [0.1, 0.15) is 0 Å². The molecule has 0 bridgehead atoms. The van der Waals surface area contributed by atoms with Crippen molar-refractivity contribution in [2.75, 3.05) is 40.4 Å². The summed E-state index contributed by atoms with van der Waals surface area (Å²) in [6.45, 7) is 10.6. The van der Waals surface area contributed by atoms with Gasteiger partial charge in [-0.3, -0.25) is 0 Å². The van der Waals surface area contributed by atoms with E-state index in [1.165, 1.54) is 0 Å². The number of rotatable bonds is 8. The summed E-state index contributed by atoms with van der Waals surface area (Å²) >= 11 is 0. The average Bonchev–Trinajstić information content (AvgIpc) is 2.03. The number of nitrogens with one attached hydrogen (secondary N) is 1. The number of hydrogen-bond acceptors (Lipinski definition) is 3. The lowest BCUT2D eigenvalue weighted by Crippen LogP contribution is -2.43. The van der Waals surface area contributed by atoms with E-state index < -0.39 is 0 Å². The van der Waals surface area contributed by atoms with Crippen LogP contribution in [-0.4, -0.2) is 51.3 Å². The minimum Gasteiger partial charge on any atom is -0.383 e. The van der Waals surface area contributed by atoms with Gasteiger partial charge in [0, 0.05) is 26.2 Å². The van der Waals surface area contributed by atoms with Crippen LogP contribution in [0.5, 0.6) is 0 Å². The molecule has 1 atom stereocenters. The maximum atomic E-state index is 5.17. The molecule has 1 unspecified atom stereocenters. The normalized spacial score (nSPS) is 13.9. The van der Waals surface area contributed by atoms with Crippen LogP contribution in [0.25, 0.3) is 0 Å². The van der Waals surface area contributed by atoms with Gasteiger partial charge in [0.15, 0.2) is 0 Å². The highest BCUT2D eigenvalue weighted by Gasteiger charge is 2.10. The Morgan fingerprint density at radius 3 is 2.36 bits per heavy atom. The predicted molar refractivity (Wildman–Crippen MR) is 61.7 cm³/mol. The van der Waals surface area contributed by atoms with Gasteiger partial charge in [0.25, 0.3) is 0 Å². The van der Waals surface area contributed by atoms with Crippen LogP contribution in [0.15, 0.2) is 0 Å². The Balaban J connectivity index is 3.76. The van der Waals surface area contributed by atoms with E-state index in [4.69, 9.17) is 4.74 Å². The molecule has 0 heterocycles. The van der Waals surface area contributed by atoms with Crippen molar-refractivity contribution in [2.24, 2.45) is 5.92 Å². The molecule has 1 N–H and O–H groups in total. The van der Waals surface area contributed by atoms with Crippen molar-refractivity contribution in [1.82, 2.24) is 10.2 Å². The summed E-state index contributed by atoms with van der Waals surface area (Å²) in [5.74, 6) is 0.727. The summed E-state index contributed by atoms with van der Waals surface area (Å²) in [5.41, 5.74) is 0. The van der Waals surface area contributed by atoms with Crippen molar-refractivity contribution < 1.29 is 4.74 Å². The van der Waals surface area contributed by atoms with Crippen molar-refractivity contribution in [3.05, 3.63) is 0 Å². The molecule has 0 fully saturated rings. The third-order valence-electron chi connectivity index (χ3n) is 2.07. The molecule has 0 aliphatic carbocycles. The van der Waals surface area contributed by atoms with E-state index in [-0.39, 0.29) is 0 Å². The molecular weight excluding hydrogens is 176 g/mol. The molecule has 0 radical (unpaired) electrons. The predicted octanol–water partition coefficient (Wildman–Crippen LogP) is 1.20. The maximum Gasteiger partial charge on any atom is 0.0628 e. The largest absolute Gasteiger partial charge is 0.383 e. The second-order valence-electron chi connectivity index (χ2n) is 4.33. The first-order valence-electron chi connectivity index (χ1n) is 5.51. The van der Waals surface area contributed by atoms with Gasteiger partial charge in [-0.2, -0.15) is 0 Å². The van der Waals surface area contributed by atoms with Crippen LogP contribution in [0.4, 0.5) is 0 Å². The zero-order valence-corrected chi connectivity index (χ0v) is 10.3. The number of ether oxygens (including phenoxy) is 1. The highest BCUT2D eigenvalue weighted by molar-refractivity contribution is 4.69. The van der Waals surface area contributed by atoms with Crippen LogP contribution < -0.4 is 5.32 Å². The van der Waals surface area contributed by atoms with E-state index >= 15 is 0 Å². The van der Waals surface area contributed by atoms with Crippen LogP contribution in [-0.2, 0) is 4.74 Å². The Morgan fingerprint density at radius 1 is 1.29 bits per heavy atom. The molecular formula is C11H26N2O. The van der Waals surface area contributed by atoms with Crippen molar-refractivity contribution in [1.29, 1.82) is 0 Å². The second-order valence-corrected chi connectivity index (χ2v) is 4.33. The summed E-state index contributed by atoms with van der Waals surface area (Å²) in [4.78, 5) is 2.36. The highest BCUT2D eigenvalue weighted by Crippen LogP contribution is 1.97. The second kappa shape index (κ2) is 8.21. The van der Waals surface area contributed by atoms with Gasteiger partial charge in [-0.25, -0.2) is 0 Å². The van der Waals surface area contributed by atoms with E-state index in [1.54, 1.807) is 7.11 Å². The van der Waals surface area contributed by atoms with E-state index in [0.29, 0.717) is 6.04 Å². The fourth-order valence-corrected chi connectivity index (χ4v) is 1.74. The molecule has 0 aromatic carbocycles. The van der Waals surface area contributed by atoms with Crippen LogP contribution in [0, 0.1) is 5.92 Å². The van der Waals surface area contributed by atoms with Gasteiger partial charge >= 0.3 is 0 Å². The fourth-order valence-electron chi connectivity index (χ4n) is 1.74. The Hall–Kier alpha value is -0.120. The Labute approximate surface area is 88.8 Å². The summed E-state index contributed by atoms with van der Waals surface area (Å²) in [7, 11) is 3.92. The van der Waals surface area contributed by atoms with Crippen LogP contribution in [0.2, 0.25) is 0 Å². The third kappa shape index (κ3) is 7.30. The maximum absolute atomic E-state index is 5.17. The Bertz CT molecular complexity index is 122. The monoisotopic (exact) mass is 202 g/mol. The molecule has 86 valence electrons. The first-order chi connectivity index (χ1) is 6.60. The summed E-state index contributed by atoms with van der Waals surface area (Å²) in [5, 5.41) is 3.42. The third-order valence-corrected chi connectivity index (χ3v) is 2.07. The molecule has 0 amide bonds. The molecule has 0 rings (SSSR count). The molecule has 0 spiro atoms.